The molecule has 3 aliphatic heterocycles. The molecule has 0 aromatic carbocycles. The molecule has 1 spiro atoms. The van der Waals surface area contributed by atoms with Crippen LogP contribution in [0.5, 0.6) is 0 Å². The van der Waals surface area contributed by atoms with E-state index in [0.29, 0.717) is 23.7 Å². The van der Waals surface area contributed by atoms with Gasteiger partial charge in [-0.05, 0) is 48.4 Å². The van der Waals surface area contributed by atoms with Crippen molar-refractivity contribution in [2.45, 2.75) is 25.8 Å². The smallest absolute Gasteiger partial charge is 0.226 e. The van der Waals surface area contributed by atoms with Crippen molar-refractivity contribution >= 4 is 11.6 Å². The molecule has 152 valence electrons. The Morgan fingerprint density at radius 3 is 2.90 bits per heavy atom. The Balaban J connectivity index is 1.39. The number of aromatic nitrogens is 2. The van der Waals surface area contributed by atoms with Gasteiger partial charge in [0.25, 0.3) is 0 Å². The zero-order valence-corrected chi connectivity index (χ0v) is 17.1. The highest BCUT2D eigenvalue weighted by Crippen LogP contribution is 2.53. The van der Waals surface area contributed by atoms with Crippen molar-refractivity contribution in [1.82, 2.24) is 14.5 Å². The van der Waals surface area contributed by atoms with E-state index >= 15 is 0 Å². The Morgan fingerprint density at radius 1 is 1.28 bits per heavy atom. The first kappa shape index (κ1) is 17.5. The molecule has 6 rings (SSSR count). The summed E-state index contributed by atoms with van der Waals surface area (Å²) in [5.41, 5.74) is 2.26. The molecule has 1 aliphatic carbocycles. The third-order valence-corrected chi connectivity index (χ3v) is 7.37. The van der Waals surface area contributed by atoms with Crippen LogP contribution in [0.1, 0.15) is 26.0 Å². The molecule has 1 unspecified atom stereocenters. The monoisotopic (exact) mass is 392 g/mol. The quantitative estimate of drug-likeness (QED) is 0.806. The van der Waals surface area contributed by atoms with Crippen LogP contribution < -0.4 is 4.90 Å². The van der Waals surface area contributed by atoms with Gasteiger partial charge in [0.1, 0.15) is 5.54 Å². The zero-order valence-electron chi connectivity index (χ0n) is 17.1. The van der Waals surface area contributed by atoms with Crippen LogP contribution >= 0.6 is 0 Å². The largest absolute Gasteiger partial charge is 0.381 e. The highest BCUT2D eigenvalue weighted by atomic mass is 16.5. The fraction of sp³-hybridized carbons (Fsp3) is 0.565. The molecule has 29 heavy (non-hydrogen) atoms. The number of fused-ring (bicyclic) bond motifs is 5. The maximum absolute atomic E-state index is 13.3. The predicted molar refractivity (Wildman–Crippen MR) is 110 cm³/mol. The van der Waals surface area contributed by atoms with Gasteiger partial charge in [-0.15, -0.1) is 0 Å². The van der Waals surface area contributed by atoms with Crippen molar-refractivity contribution in [3.8, 4) is 5.82 Å². The Labute approximate surface area is 171 Å². The van der Waals surface area contributed by atoms with Crippen LogP contribution in [0.25, 0.3) is 5.82 Å². The van der Waals surface area contributed by atoms with E-state index in [1.54, 1.807) is 0 Å². The standard InChI is InChI=1S/C23H28N4O2/c1-15(2)11-27-18-5-3-8-24-21(18)26-9-4-6-19(26)23(27)7-10-25(14-23)22(28)20-16-12-29-13-17(16)20/h3-6,8-9,15-17,20H,7,10-14H2,1-2H3/t16-,17+,20?,23-/m0/s1. The molecule has 4 aliphatic rings. The normalized spacial score (nSPS) is 31.9. The molecule has 2 aromatic rings. The maximum atomic E-state index is 13.3. The van der Waals surface area contributed by atoms with Crippen molar-refractivity contribution in [2.24, 2.45) is 23.7 Å². The van der Waals surface area contributed by atoms with E-state index in [1.807, 2.05) is 12.3 Å². The van der Waals surface area contributed by atoms with Crippen LogP contribution in [0, 0.1) is 23.7 Å². The summed E-state index contributed by atoms with van der Waals surface area (Å²) in [5, 5.41) is 0. The first-order chi connectivity index (χ1) is 14.1. The third-order valence-electron chi connectivity index (χ3n) is 7.37. The number of rotatable bonds is 3. The molecule has 0 radical (unpaired) electrons. The predicted octanol–water partition coefficient (Wildman–Crippen LogP) is 2.67. The fourth-order valence-electron chi connectivity index (χ4n) is 5.96. The molecule has 6 nitrogen and oxygen atoms in total. The van der Waals surface area contributed by atoms with Gasteiger partial charge in [-0.25, -0.2) is 4.98 Å². The summed E-state index contributed by atoms with van der Waals surface area (Å²) in [6, 6.07) is 8.54. The van der Waals surface area contributed by atoms with E-state index < -0.39 is 0 Å². The fourth-order valence-corrected chi connectivity index (χ4v) is 5.96. The van der Waals surface area contributed by atoms with Crippen molar-refractivity contribution in [2.75, 3.05) is 37.7 Å². The zero-order chi connectivity index (χ0) is 19.8. The van der Waals surface area contributed by atoms with Crippen LogP contribution in [0.4, 0.5) is 5.69 Å². The lowest BCUT2D eigenvalue weighted by atomic mass is 9.88. The highest BCUT2D eigenvalue weighted by Gasteiger charge is 2.60. The first-order valence-electron chi connectivity index (χ1n) is 10.9. The Bertz CT molecular complexity index is 959. The second-order valence-electron chi connectivity index (χ2n) is 9.55. The van der Waals surface area contributed by atoms with E-state index in [0.717, 1.165) is 45.1 Å². The number of hydrogen-bond donors (Lipinski definition) is 0. The van der Waals surface area contributed by atoms with Gasteiger partial charge in [0.05, 0.1) is 24.6 Å². The summed E-state index contributed by atoms with van der Waals surface area (Å²) in [4.78, 5) is 22.7. The average molecular weight is 393 g/mol. The summed E-state index contributed by atoms with van der Waals surface area (Å²) in [6.45, 7) is 8.59. The molecule has 0 N–H and O–H groups in total. The summed E-state index contributed by atoms with van der Waals surface area (Å²) < 4.78 is 7.74. The average Bonchev–Trinajstić information content (AvgIpc) is 3.21. The minimum atomic E-state index is -0.181. The lowest BCUT2D eigenvalue weighted by Gasteiger charge is -2.47. The van der Waals surface area contributed by atoms with Gasteiger partial charge in [0.15, 0.2) is 5.82 Å². The van der Waals surface area contributed by atoms with Crippen molar-refractivity contribution in [3.63, 3.8) is 0 Å². The molecule has 2 aromatic heterocycles. The van der Waals surface area contributed by atoms with Gasteiger partial charge in [-0.3, -0.25) is 4.79 Å². The topological polar surface area (TPSA) is 50.6 Å². The molecule has 5 heterocycles. The van der Waals surface area contributed by atoms with E-state index in [2.05, 4.69) is 52.6 Å². The highest BCUT2D eigenvalue weighted by molar-refractivity contribution is 5.83. The Morgan fingerprint density at radius 2 is 2.10 bits per heavy atom. The number of carbonyl (C=O) groups excluding carboxylic acids is 1. The van der Waals surface area contributed by atoms with Crippen LogP contribution in [-0.4, -0.2) is 53.2 Å². The van der Waals surface area contributed by atoms with Crippen LogP contribution in [-0.2, 0) is 15.1 Å². The second-order valence-corrected chi connectivity index (χ2v) is 9.55. The lowest BCUT2D eigenvalue weighted by Crippen LogP contribution is -2.54. The summed E-state index contributed by atoms with van der Waals surface area (Å²) in [6.07, 6.45) is 4.94. The van der Waals surface area contributed by atoms with Crippen LogP contribution in [0.3, 0.4) is 0 Å². The molecular formula is C23H28N4O2. The molecule has 1 amide bonds. The van der Waals surface area contributed by atoms with Gasteiger partial charge in [-0.1, -0.05) is 13.8 Å². The number of nitrogens with zero attached hydrogens (tertiary/aromatic N) is 4. The number of ether oxygens (including phenoxy) is 1. The molecule has 2 saturated heterocycles. The summed E-state index contributed by atoms with van der Waals surface area (Å²) >= 11 is 0. The molecule has 6 heteroatoms. The number of pyridine rings is 1. The lowest BCUT2D eigenvalue weighted by molar-refractivity contribution is -0.133. The molecule has 4 atom stereocenters. The van der Waals surface area contributed by atoms with Crippen molar-refractivity contribution in [1.29, 1.82) is 0 Å². The minimum Gasteiger partial charge on any atom is -0.381 e. The minimum absolute atomic E-state index is 0.181. The number of hydrogen-bond acceptors (Lipinski definition) is 4. The van der Waals surface area contributed by atoms with Crippen LogP contribution in [0.2, 0.25) is 0 Å². The van der Waals surface area contributed by atoms with E-state index in [-0.39, 0.29) is 11.5 Å². The Kier molecular flexibility index (Phi) is 3.67. The SMILES string of the molecule is CC(C)CN1c2cccnc2-n2cccc2[C@@]12CCN(C(=O)C1[C@H]3COC[C@@H]13)C2. The number of anilines is 1. The van der Waals surface area contributed by atoms with Gasteiger partial charge >= 0.3 is 0 Å². The number of amides is 1. The van der Waals surface area contributed by atoms with Crippen molar-refractivity contribution < 1.29 is 9.53 Å². The number of likely N-dealkylation sites (tertiary alicyclic amines) is 1. The van der Waals surface area contributed by atoms with E-state index in [9.17, 15) is 4.79 Å². The third kappa shape index (κ3) is 2.38. The van der Waals surface area contributed by atoms with Gasteiger partial charge in [0.2, 0.25) is 5.91 Å². The first-order valence-corrected chi connectivity index (χ1v) is 10.9. The second kappa shape index (κ2) is 6.08. The van der Waals surface area contributed by atoms with Gasteiger partial charge < -0.3 is 19.1 Å². The number of carbonyl (C=O) groups is 1. The summed E-state index contributed by atoms with van der Waals surface area (Å²) in [7, 11) is 0. The van der Waals surface area contributed by atoms with Crippen LogP contribution in [0.15, 0.2) is 36.7 Å². The molecule has 3 fully saturated rings. The molecule has 1 saturated carbocycles. The molecular weight excluding hydrogens is 364 g/mol. The summed E-state index contributed by atoms with van der Waals surface area (Å²) in [5.74, 6) is 2.99. The van der Waals surface area contributed by atoms with E-state index in [1.165, 1.54) is 11.4 Å². The Hall–Kier alpha value is -2.34. The van der Waals surface area contributed by atoms with Gasteiger partial charge in [0, 0.05) is 37.9 Å². The van der Waals surface area contributed by atoms with Gasteiger partial charge in [-0.2, -0.15) is 0 Å². The maximum Gasteiger partial charge on any atom is 0.226 e. The van der Waals surface area contributed by atoms with Crippen molar-refractivity contribution in [3.05, 3.63) is 42.4 Å². The van der Waals surface area contributed by atoms with E-state index in [4.69, 9.17) is 9.72 Å². The molecule has 0 bridgehead atoms.